The number of likely N-dealkylation sites (tertiary alicyclic amines) is 1. The minimum absolute atomic E-state index is 0.0256. The summed E-state index contributed by atoms with van der Waals surface area (Å²) in [5.41, 5.74) is 0. The Kier molecular flexibility index (Phi) is 4.97. The van der Waals surface area contributed by atoms with Crippen LogP contribution in [0.5, 0.6) is 0 Å². The third-order valence-electron chi connectivity index (χ3n) is 3.08. The largest absolute Gasteiger partial charge is 0.384 e. The molecule has 2 rings (SSSR count). The maximum absolute atomic E-state index is 12.1. The molecule has 1 unspecified atom stereocenters. The van der Waals surface area contributed by atoms with Crippen LogP contribution in [-0.2, 0) is 0 Å². The molecule has 2 N–H and O–H groups in total. The van der Waals surface area contributed by atoms with Crippen molar-refractivity contribution >= 4 is 17.2 Å². The summed E-state index contributed by atoms with van der Waals surface area (Å²) in [6.07, 6.45) is 2.16. The zero-order valence-electron chi connectivity index (χ0n) is 11.0. The van der Waals surface area contributed by atoms with Crippen molar-refractivity contribution in [3.8, 4) is 11.8 Å². The fraction of sp³-hybridized carbons (Fsp3) is 0.500. The molecule has 0 radical (unpaired) electrons. The molecule has 1 aromatic rings. The van der Waals surface area contributed by atoms with Crippen LogP contribution in [0.25, 0.3) is 0 Å². The van der Waals surface area contributed by atoms with Crippen LogP contribution in [-0.4, -0.2) is 48.7 Å². The molecule has 0 spiro atoms. The van der Waals surface area contributed by atoms with Gasteiger partial charge in [-0.15, -0.1) is 11.3 Å². The van der Waals surface area contributed by atoms with Gasteiger partial charge in [-0.25, -0.2) is 0 Å². The summed E-state index contributed by atoms with van der Waals surface area (Å²) in [5, 5.41) is 11.7. The average Bonchev–Trinajstić information content (AvgIpc) is 2.85. The van der Waals surface area contributed by atoms with Gasteiger partial charge in [-0.2, -0.15) is 0 Å². The van der Waals surface area contributed by atoms with Gasteiger partial charge in [0.2, 0.25) is 0 Å². The Bertz CT molecular complexity index is 501. The monoisotopic (exact) mass is 278 g/mol. The number of carbonyl (C=O) groups excluding carboxylic acids is 1. The summed E-state index contributed by atoms with van der Waals surface area (Å²) in [4.78, 5) is 15.8. The molecule has 1 amide bonds. The highest BCUT2D eigenvalue weighted by Crippen LogP contribution is 2.16. The highest BCUT2D eigenvalue weighted by atomic mass is 32.1. The van der Waals surface area contributed by atoms with Crippen LogP contribution in [0.2, 0.25) is 0 Å². The predicted molar refractivity (Wildman–Crippen MR) is 76.3 cm³/mol. The van der Waals surface area contributed by atoms with Crippen LogP contribution < -0.4 is 5.32 Å². The molecule has 19 heavy (non-hydrogen) atoms. The molecule has 0 aromatic carbocycles. The summed E-state index contributed by atoms with van der Waals surface area (Å²) in [6, 6.07) is 3.84. The van der Waals surface area contributed by atoms with Crippen molar-refractivity contribution < 1.29 is 9.90 Å². The van der Waals surface area contributed by atoms with E-state index in [2.05, 4.69) is 29.1 Å². The van der Waals surface area contributed by atoms with Crippen LogP contribution in [0.1, 0.15) is 27.4 Å². The van der Waals surface area contributed by atoms with Gasteiger partial charge in [-0.1, -0.05) is 11.8 Å². The van der Waals surface area contributed by atoms with Crippen molar-refractivity contribution in [3.05, 3.63) is 21.9 Å². The minimum Gasteiger partial charge on any atom is -0.384 e. The van der Waals surface area contributed by atoms with Crippen LogP contribution in [0.15, 0.2) is 12.1 Å². The molecule has 1 atom stereocenters. The first kappa shape index (κ1) is 14.1. The smallest absolute Gasteiger partial charge is 0.261 e. The molecule has 0 saturated carbocycles. The van der Waals surface area contributed by atoms with Gasteiger partial charge >= 0.3 is 0 Å². The Hall–Kier alpha value is -1.35. The van der Waals surface area contributed by atoms with E-state index in [1.807, 2.05) is 6.07 Å². The summed E-state index contributed by atoms with van der Waals surface area (Å²) >= 11 is 1.36. The Morgan fingerprint density at radius 2 is 2.47 bits per heavy atom. The average molecular weight is 278 g/mol. The van der Waals surface area contributed by atoms with E-state index in [0.717, 1.165) is 30.8 Å². The second-order valence-corrected chi connectivity index (χ2v) is 5.78. The molecule has 4 nitrogen and oxygen atoms in total. The van der Waals surface area contributed by atoms with Crippen LogP contribution in [0.4, 0.5) is 0 Å². The van der Waals surface area contributed by atoms with E-state index in [-0.39, 0.29) is 18.6 Å². The van der Waals surface area contributed by atoms with Crippen molar-refractivity contribution in [2.45, 2.75) is 18.9 Å². The highest BCUT2D eigenvalue weighted by Gasteiger charge is 2.20. The minimum atomic E-state index is -0.159. The lowest BCUT2D eigenvalue weighted by molar-refractivity contribution is 0.0916. The topological polar surface area (TPSA) is 52.6 Å². The fourth-order valence-electron chi connectivity index (χ4n) is 2.19. The molecule has 1 aromatic heterocycles. The highest BCUT2D eigenvalue weighted by molar-refractivity contribution is 7.14. The van der Waals surface area contributed by atoms with E-state index < -0.39 is 0 Å². The number of aliphatic hydroxyl groups excluding tert-OH is 1. The fourth-order valence-corrected chi connectivity index (χ4v) is 2.98. The molecule has 0 bridgehead atoms. The SMILES string of the molecule is CN1CCCC(NC(=O)c2ccc(C#CCO)s2)C1. The molecular formula is C14H18N2O2S. The number of piperidine rings is 1. The summed E-state index contributed by atoms with van der Waals surface area (Å²) in [6.45, 7) is 1.86. The lowest BCUT2D eigenvalue weighted by Crippen LogP contribution is -2.46. The van der Waals surface area contributed by atoms with Gasteiger partial charge < -0.3 is 15.3 Å². The van der Waals surface area contributed by atoms with Crippen molar-refractivity contribution in [2.24, 2.45) is 0 Å². The van der Waals surface area contributed by atoms with Gasteiger partial charge in [0.15, 0.2) is 0 Å². The van der Waals surface area contributed by atoms with E-state index in [9.17, 15) is 4.79 Å². The van der Waals surface area contributed by atoms with Crippen LogP contribution >= 0.6 is 11.3 Å². The standard InChI is InChI=1S/C14H18N2O2S/c1-16-8-2-4-11(10-16)15-14(18)13-7-6-12(19-13)5-3-9-17/h6-7,11,17H,2,4,8-10H2,1H3,(H,15,18). The zero-order chi connectivity index (χ0) is 13.7. The Balaban J connectivity index is 1.94. The van der Waals surface area contributed by atoms with Gasteiger partial charge in [0, 0.05) is 12.6 Å². The number of hydrogen-bond donors (Lipinski definition) is 2. The van der Waals surface area contributed by atoms with E-state index in [1.54, 1.807) is 6.07 Å². The van der Waals surface area contributed by atoms with Crippen LogP contribution in [0.3, 0.4) is 0 Å². The van der Waals surface area contributed by atoms with Gasteiger partial charge in [0.25, 0.3) is 5.91 Å². The number of hydrogen-bond acceptors (Lipinski definition) is 4. The maximum atomic E-state index is 12.1. The van der Waals surface area contributed by atoms with Gasteiger partial charge in [0.05, 0.1) is 9.75 Å². The Morgan fingerprint density at radius 3 is 3.21 bits per heavy atom. The summed E-state index contributed by atoms with van der Waals surface area (Å²) in [7, 11) is 2.08. The quantitative estimate of drug-likeness (QED) is 0.791. The number of nitrogens with one attached hydrogen (secondary N) is 1. The normalized spacial score (nSPS) is 19.6. The molecule has 1 saturated heterocycles. The first-order valence-corrected chi connectivity index (χ1v) is 7.19. The first-order valence-electron chi connectivity index (χ1n) is 6.38. The number of aliphatic hydroxyl groups is 1. The molecule has 1 aliphatic rings. The second kappa shape index (κ2) is 6.71. The van der Waals surface area contributed by atoms with E-state index >= 15 is 0 Å². The molecule has 5 heteroatoms. The van der Waals surface area contributed by atoms with Crippen molar-refractivity contribution in [1.29, 1.82) is 0 Å². The number of amides is 1. The molecule has 2 heterocycles. The predicted octanol–water partition coefficient (Wildman–Crippen LogP) is 0.916. The third-order valence-corrected chi connectivity index (χ3v) is 4.08. The molecular weight excluding hydrogens is 260 g/mol. The molecule has 102 valence electrons. The molecule has 1 fully saturated rings. The maximum Gasteiger partial charge on any atom is 0.261 e. The third kappa shape index (κ3) is 4.06. The summed E-state index contributed by atoms with van der Waals surface area (Å²) in [5.74, 6) is 5.37. The van der Waals surface area contributed by atoms with Gasteiger partial charge in [-0.3, -0.25) is 4.79 Å². The van der Waals surface area contributed by atoms with E-state index in [4.69, 9.17) is 5.11 Å². The molecule has 1 aliphatic heterocycles. The number of carbonyl (C=O) groups is 1. The number of thiophene rings is 1. The van der Waals surface area contributed by atoms with E-state index in [0.29, 0.717) is 4.88 Å². The lowest BCUT2D eigenvalue weighted by Gasteiger charge is -2.30. The van der Waals surface area contributed by atoms with Crippen LogP contribution in [0, 0.1) is 11.8 Å². The van der Waals surface area contributed by atoms with Crippen molar-refractivity contribution in [3.63, 3.8) is 0 Å². The van der Waals surface area contributed by atoms with Crippen molar-refractivity contribution in [2.75, 3.05) is 26.7 Å². The second-order valence-electron chi connectivity index (χ2n) is 4.70. The van der Waals surface area contributed by atoms with E-state index in [1.165, 1.54) is 11.3 Å². The lowest BCUT2D eigenvalue weighted by atomic mass is 10.1. The first-order chi connectivity index (χ1) is 9.19. The number of rotatable bonds is 2. The molecule has 0 aliphatic carbocycles. The Labute approximate surface area is 117 Å². The zero-order valence-corrected chi connectivity index (χ0v) is 11.8. The number of likely N-dealkylation sites (N-methyl/N-ethyl adjacent to an activating group) is 1. The van der Waals surface area contributed by atoms with Gasteiger partial charge in [0.1, 0.15) is 6.61 Å². The summed E-state index contributed by atoms with van der Waals surface area (Å²) < 4.78 is 0. The van der Waals surface area contributed by atoms with Gasteiger partial charge in [-0.05, 0) is 38.6 Å². The number of nitrogens with zero attached hydrogens (tertiary/aromatic N) is 1. The Morgan fingerprint density at radius 1 is 1.63 bits per heavy atom. The van der Waals surface area contributed by atoms with Crippen molar-refractivity contribution in [1.82, 2.24) is 10.2 Å².